The predicted molar refractivity (Wildman–Crippen MR) is 61.0 cm³/mol. The van der Waals surface area contributed by atoms with Crippen LogP contribution in [0.2, 0.25) is 0 Å². The van der Waals surface area contributed by atoms with Gasteiger partial charge in [-0.05, 0) is 12.3 Å². The summed E-state index contributed by atoms with van der Waals surface area (Å²) < 4.78 is 0. The van der Waals surface area contributed by atoms with Gasteiger partial charge in [-0.3, -0.25) is 14.6 Å². The lowest BCUT2D eigenvalue weighted by Gasteiger charge is -2.09. The van der Waals surface area contributed by atoms with Gasteiger partial charge in [0, 0.05) is 12.0 Å². The molecule has 0 amide bonds. The van der Waals surface area contributed by atoms with E-state index in [1.54, 1.807) is 0 Å². The van der Waals surface area contributed by atoms with E-state index in [4.69, 9.17) is 0 Å². The normalized spacial score (nSPS) is 10.8. The fourth-order valence-corrected chi connectivity index (χ4v) is 1.62. The largest absolute Gasteiger partial charge is 0.326 e. The van der Waals surface area contributed by atoms with E-state index in [0.29, 0.717) is 18.4 Å². The summed E-state index contributed by atoms with van der Waals surface area (Å²) in [7, 11) is 0. The van der Waals surface area contributed by atoms with Crippen LogP contribution in [0.3, 0.4) is 0 Å². The number of aromatic nitrogens is 2. The molecule has 5 nitrogen and oxygen atoms in total. The van der Waals surface area contributed by atoms with E-state index in [1.807, 2.05) is 20.8 Å². The molecule has 1 heterocycles. The van der Waals surface area contributed by atoms with Gasteiger partial charge in [0.05, 0.1) is 5.69 Å². The van der Waals surface area contributed by atoms with Gasteiger partial charge in [-0.15, -0.1) is 0 Å². The molecule has 0 aliphatic rings. The van der Waals surface area contributed by atoms with Crippen LogP contribution in [0, 0.1) is 0 Å². The minimum Gasteiger partial charge on any atom is -0.304 e. The maximum Gasteiger partial charge on any atom is 0.326 e. The Labute approximate surface area is 92.9 Å². The summed E-state index contributed by atoms with van der Waals surface area (Å²) >= 11 is 0. The molecule has 2 N–H and O–H groups in total. The number of carbonyl (C=O) groups is 1. The lowest BCUT2D eigenvalue weighted by molar-refractivity contribution is 0.0975. The van der Waals surface area contributed by atoms with Crippen molar-refractivity contribution in [1.82, 2.24) is 9.97 Å². The quantitative estimate of drug-likeness (QED) is 0.753. The average Bonchev–Trinajstić information content (AvgIpc) is 2.15. The van der Waals surface area contributed by atoms with Crippen LogP contribution in [-0.2, 0) is 0 Å². The Balaban J connectivity index is 3.41. The van der Waals surface area contributed by atoms with Gasteiger partial charge in [-0.1, -0.05) is 20.8 Å². The average molecular weight is 224 g/mol. The number of aromatic amines is 2. The first kappa shape index (κ1) is 12.4. The third-order valence-electron chi connectivity index (χ3n) is 2.31. The van der Waals surface area contributed by atoms with E-state index >= 15 is 0 Å². The number of carbonyl (C=O) groups excluding carboxylic acids is 1. The van der Waals surface area contributed by atoms with Crippen LogP contribution >= 0.6 is 0 Å². The highest BCUT2D eigenvalue weighted by Crippen LogP contribution is 2.13. The van der Waals surface area contributed by atoms with Gasteiger partial charge in [0.25, 0.3) is 5.56 Å². The summed E-state index contributed by atoms with van der Waals surface area (Å²) in [6.45, 7) is 5.50. The summed E-state index contributed by atoms with van der Waals surface area (Å²) in [4.78, 5) is 39.0. The van der Waals surface area contributed by atoms with Gasteiger partial charge in [-0.2, -0.15) is 0 Å². The number of hydrogen-bond donors (Lipinski definition) is 2. The van der Waals surface area contributed by atoms with Gasteiger partial charge in [0.1, 0.15) is 0 Å². The van der Waals surface area contributed by atoms with Crippen molar-refractivity contribution in [2.24, 2.45) is 0 Å². The molecule has 0 fully saturated rings. The molecule has 0 aliphatic carbocycles. The maximum absolute atomic E-state index is 11.8. The van der Waals surface area contributed by atoms with E-state index in [-0.39, 0.29) is 17.4 Å². The summed E-state index contributed by atoms with van der Waals surface area (Å²) in [5.41, 5.74) is -0.587. The van der Waals surface area contributed by atoms with Crippen molar-refractivity contribution in [3.8, 4) is 0 Å². The molecule has 5 heteroatoms. The Morgan fingerprint density at radius 2 is 1.88 bits per heavy atom. The molecule has 0 bridgehead atoms. The van der Waals surface area contributed by atoms with Crippen LogP contribution in [0.15, 0.2) is 9.59 Å². The molecule has 1 aromatic rings. The summed E-state index contributed by atoms with van der Waals surface area (Å²) in [5.74, 6) is -0.286. The number of hydrogen-bond acceptors (Lipinski definition) is 3. The Bertz CT molecular complexity index is 497. The molecular formula is C11H16N2O3. The molecule has 1 aromatic heterocycles. The highest BCUT2D eigenvalue weighted by molar-refractivity contribution is 5.95. The SMILES string of the molecule is CCCC(=O)c1[nH]c(=O)[nH]c(=O)c1C(C)C. The zero-order valence-electron chi connectivity index (χ0n) is 9.72. The summed E-state index contributed by atoms with van der Waals surface area (Å²) in [5, 5.41) is 0. The van der Waals surface area contributed by atoms with Gasteiger partial charge < -0.3 is 4.98 Å². The second-order valence-corrected chi connectivity index (χ2v) is 4.02. The number of nitrogens with one attached hydrogen (secondary N) is 2. The molecule has 1 rings (SSSR count). The number of Topliss-reactive ketones (excluding diaryl/α,β-unsaturated/α-hetero) is 1. The highest BCUT2D eigenvalue weighted by Gasteiger charge is 2.17. The zero-order chi connectivity index (χ0) is 12.3. The molecule has 0 radical (unpaired) electrons. The lowest BCUT2D eigenvalue weighted by atomic mass is 9.99. The van der Waals surface area contributed by atoms with Crippen LogP contribution in [0.5, 0.6) is 0 Å². The van der Waals surface area contributed by atoms with Crippen LogP contribution < -0.4 is 11.2 Å². The van der Waals surface area contributed by atoms with Crippen molar-refractivity contribution >= 4 is 5.78 Å². The van der Waals surface area contributed by atoms with E-state index in [2.05, 4.69) is 9.97 Å². The standard InChI is InChI=1S/C11H16N2O3/c1-4-5-7(14)9-8(6(2)3)10(15)13-11(16)12-9/h6H,4-5H2,1-3H3,(H2,12,13,15,16). The molecule has 0 aromatic carbocycles. The minimum atomic E-state index is -0.631. The third-order valence-corrected chi connectivity index (χ3v) is 2.31. The van der Waals surface area contributed by atoms with Crippen molar-refractivity contribution in [2.75, 3.05) is 0 Å². The zero-order valence-corrected chi connectivity index (χ0v) is 9.72. The first-order chi connectivity index (χ1) is 7.47. The number of rotatable bonds is 4. The first-order valence-corrected chi connectivity index (χ1v) is 5.37. The topological polar surface area (TPSA) is 82.8 Å². The highest BCUT2D eigenvalue weighted by atomic mass is 16.2. The second-order valence-electron chi connectivity index (χ2n) is 4.02. The summed E-state index contributed by atoms with van der Waals surface area (Å²) in [6, 6.07) is 0. The molecule has 16 heavy (non-hydrogen) atoms. The smallest absolute Gasteiger partial charge is 0.304 e. The van der Waals surface area contributed by atoms with Crippen LogP contribution in [0.25, 0.3) is 0 Å². The van der Waals surface area contributed by atoms with E-state index in [0.717, 1.165) is 0 Å². The van der Waals surface area contributed by atoms with Crippen molar-refractivity contribution in [2.45, 2.75) is 39.5 Å². The predicted octanol–water partition coefficient (Wildman–Crippen LogP) is 1.17. The fourth-order valence-electron chi connectivity index (χ4n) is 1.62. The van der Waals surface area contributed by atoms with E-state index < -0.39 is 11.2 Å². The third kappa shape index (κ3) is 2.48. The first-order valence-electron chi connectivity index (χ1n) is 5.37. The second kappa shape index (κ2) is 4.92. The Morgan fingerprint density at radius 1 is 1.25 bits per heavy atom. The van der Waals surface area contributed by atoms with Crippen LogP contribution in [0.4, 0.5) is 0 Å². The lowest BCUT2D eigenvalue weighted by Crippen LogP contribution is -2.30. The van der Waals surface area contributed by atoms with E-state index in [1.165, 1.54) is 0 Å². The molecule has 0 spiro atoms. The van der Waals surface area contributed by atoms with Crippen LogP contribution in [-0.4, -0.2) is 15.8 Å². The number of H-pyrrole nitrogens is 2. The molecule has 0 saturated carbocycles. The minimum absolute atomic E-state index is 0.101. The van der Waals surface area contributed by atoms with Gasteiger partial charge in [-0.25, -0.2) is 4.79 Å². The van der Waals surface area contributed by atoms with Gasteiger partial charge >= 0.3 is 5.69 Å². The maximum atomic E-state index is 11.8. The summed E-state index contributed by atoms with van der Waals surface area (Å²) in [6.07, 6.45) is 1.02. The monoisotopic (exact) mass is 224 g/mol. The van der Waals surface area contributed by atoms with Crippen molar-refractivity contribution in [1.29, 1.82) is 0 Å². The van der Waals surface area contributed by atoms with Crippen molar-refractivity contribution in [3.63, 3.8) is 0 Å². The molecule has 0 saturated heterocycles. The Hall–Kier alpha value is -1.65. The van der Waals surface area contributed by atoms with Crippen molar-refractivity contribution < 1.29 is 4.79 Å². The molecule has 88 valence electrons. The van der Waals surface area contributed by atoms with Crippen molar-refractivity contribution in [3.05, 3.63) is 32.1 Å². The van der Waals surface area contributed by atoms with Gasteiger partial charge in [0.2, 0.25) is 0 Å². The fraction of sp³-hybridized carbons (Fsp3) is 0.545. The molecule has 0 unspecified atom stereocenters. The Morgan fingerprint density at radius 3 is 2.38 bits per heavy atom. The molecule has 0 atom stereocenters. The van der Waals surface area contributed by atoms with E-state index in [9.17, 15) is 14.4 Å². The van der Waals surface area contributed by atoms with Gasteiger partial charge in [0.15, 0.2) is 5.78 Å². The Kier molecular flexibility index (Phi) is 3.82. The molecule has 0 aliphatic heterocycles. The molecular weight excluding hydrogens is 208 g/mol. The van der Waals surface area contributed by atoms with Crippen LogP contribution in [0.1, 0.15) is 55.6 Å². The number of ketones is 1.